The van der Waals surface area contributed by atoms with Crippen LogP contribution in [0.1, 0.15) is 22.6 Å². The number of ether oxygens (including phenoxy) is 1. The van der Waals surface area contributed by atoms with Crippen LogP contribution in [0.4, 0.5) is 0 Å². The van der Waals surface area contributed by atoms with Crippen LogP contribution in [-0.2, 0) is 9.53 Å². The minimum absolute atomic E-state index is 0.167. The molecule has 0 radical (unpaired) electrons. The van der Waals surface area contributed by atoms with Gasteiger partial charge < -0.3 is 10.5 Å². The van der Waals surface area contributed by atoms with Crippen molar-refractivity contribution in [2.45, 2.75) is 19.1 Å². The summed E-state index contributed by atoms with van der Waals surface area (Å²) in [6.45, 7) is 4.86. The minimum Gasteiger partial charge on any atom is -0.465 e. The third-order valence-corrected chi connectivity index (χ3v) is 4.63. The van der Waals surface area contributed by atoms with E-state index in [9.17, 15) is 4.79 Å². The smallest absolute Gasteiger partial charge is 0.315 e. The van der Waals surface area contributed by atoms with Gasteiger partial charge >= 0.3 is 5.97 Å². The van der Waals surface area contributed by atoms with Crippen LogP contribution >= 0.6 is 23.1 Å². The van der Waals surface area contributed by atoms with Crippen LogP contribution in [-0.4, -0.2) is 24.9 Å². The Hall–Kier alpha value is -0.520. The number of rotatable bonds is 6. The highest BCUT2D eigenvalue weighted by Gasteiger charge is 2.16. The molecular formula is C11H17NO2S2. The summed E-state index contributed by atoms with van der Waals surface area (Å²) in [5.74, 6) is 0.202. The van der Waals surface area contributed by atoms with Gasteiger partial charge in [-0.15, -0.1) is 23.1 Å². The molecule has 5 heteroatoms. The summed E-state index contributed by atoms with van der Waals surface area (Å²) in [5.41, 5.74) is 6.97. The third kappa shape index (κ3) is 3.81. The lowest BCUT2D eigenvalue weighted by molar-refractivity contribution is -0.139. The Balaban J connectivity index is 2.50. The van der Waals surface area contributed by atoms with Gasteiger partial charge in [0, 0.05) is 11.4 Å². The van der Waals surface area contributed by atoms with E-state index in [1.165, 1.54) is 10.4 Å². The molecule has 1 heterocycles. The summed E-state index contributed by atoms with van der Waals surface area (Å²) in [6, 6.07) is 2.08. The fourth-order valence-corrected chi connectivity index (χ4v) is 3.52. The number of thioether (sulfide) groups is 1. The molecule has 2 N–H and O–H groups in total. The van der Waals surface area contributed by atoms with Crippen molar-refractivity contribution in [3.05, 3.63) is 21.9 Å². The molecule has 0 aromatic carbocycles. The average molecular weight is 259 g/mol. The van der Waals surface area contributed by atoms with Crippen molar-refractivity contribution in [1.82, 2.24) is 0 Å². The van der Waals surface area contributed by atoms with Crippen LogP contribution in [0.2, 0.25) is 0 Å². The highest BCUT2D eigenvalue weighted by Crippen LogP contribution is 2.33. The number of aryl methyl sites for hydroxylation is 1. The maximum Gasteiger partial charge on any atom is 0.315 e. The number of thiophene rings is 1. The van der Waals surface area contributed by atoms with Gasteiger partial charge in [0.25, 0.3) is 0 Å². The van der Waals surface area contributed by atoms with Crippen LogP contribution in [0.5, 0.6) is 0 Å². The van der Waals surface area contributed by atoms with Gasteiger partial charge in [-0.05, 0) is 30.9 Å². The van der Waals surface area contributed by atoms with E-state index in [0.29, 0.717) is 18.9 Å². The molecule has 1 atom stereocenters. The standard InChI is InChI=1S/C11H17NO2S2/c1-3-14-10(13)7-16-9(6-12)11-8(2)4-5-15-11/h4-5,9H,3,6-7,12H2,1-2H3. The van der Waals surface area contributed by atoms with Crippen molar-refractivity contribution in [3.8, 4) is 0 Å². The lowest BCUT2D eigenvalue weighted by atomic mass is 10.2. The van der Waals surface area contributed by atoms with E-state index in [2.05, 4.69) is 18.4 Å². The van der Waals surface area contributed by atoms with E-state index in [4.69, 9.17) is 10.5 Å². The monoisotopic (exact) mass is 259 g/mol. The van der Waals surface area contributed by atoms with Crippen LogP contribution < -0.4 is 5.73 Å². The molecule has 16 heavy (non-hydrogen) atoms. The zero-order chi connectivity index (χ0) is 12.0. The molecule has 0 spiro atoms. The Morgan fingerprint density at radius 2 is 2.44 bits per heavy atom. The largest absolute Gasteiger partial charge is 0.465 e. The van der Waals surface area contributed by atoms with Gasteiger partial charge in [0.1, 0.15) is 0 Å². The van der Waals surface area contributed by atoms with Gasteiger partial charge in [0.15, 0.2) is 0 Å². The molecule has 0 saturated heterocycles. The Morgan fingerprint density at radius 3 is 2.94 bits per heavy atom. The zero-order valence-electron chi connectivity index (χ0n) is 9.56. The second kappa shape index (κ2) is 6.93. The van der Waals surface area contributed by atoms with Crippen LogP contribution in [0.15, 0.2) is 11.4 Å². The van der Waals surface area contributed by atoms with Gasteiger partial charge in [-0.25, -0.2) is 0 Å². The fourth-order valence-electron chi connectivity index (χ4n) is 1.34. The van der Waals surface area contributed by atoms with Crippen molar-refractivity contribution in [2.75, 3.05) is 18.9 Å². The van der Waals surface area contributed by atoms with E-state index >= 15 is 0 Å². The molecule has 0 aliphatic rings. The van der Waals surface area contributed by atoms with Gasteiger partial charge in [0.05, 0.1) is 17.6 Å². The Bertz CT molecular complexity index is 338. The zero-order valence-corrected chi connectivity index (χ0v) is 11.2. The van der Waals surface area contributed by atoms with Gasteiger partial charge in [-0.2, -0.15) is 0 Å². The van der Waals surface area contributed by atoms with E-state index < -0.39 is 0 Å². The predicted molar refractivity (Wildman–Crippen MR) is 69.9 cm³/mol. The number of hydrogen-bond acceptors (Lipinski definition) is 5. The molecule has 0 aliphatic heterocycles. The average Bonchev–Trinajstić information content (AvgIpc) is 2.66. The first kappa shape index (κ1) is 13.5. The van der Waals surface area contributed by atoms with Crippen LogP contribution in [0, 0.1) is 6.92 Å². The molecule has 0 amide bonds. The molecule has 0 aliphatic carbocycles. The first-order valence-corrected chi connectivity index (χ1v) is 7.13. The molecule has 90 valence electrons. The van der Waals surface area contributed by atoms with Gasteiger partial charge in [0.2, 0.25) is 0 Å². The molecule has 0 bridgehead atoms. The summed E-state index contributed by atoms with van der Waals surface area (Å²) in [7, 11) is 0. The quantitative estimate of drug-likeness (QED) is 0.797. The lowest BCUT2D eigenvalue weighted by Gasteiger charge is -2.13. The minimum atomic E-state index is -0.167. The molecule has 1 aromatic heterocycles. The predicted octanol–water partition coefficient (Wildman–Crippen LogP) is 2.35. The number of esters is 1. The maximum atomic E-state index is 11.2. The molecule has 1 aromatic rings. The molecular weight excluding hydrogens is 242 g/mol. The number of carbonyl (C=O) groups is 1. The summed E-state index contributed by atoms with van der Waals surface area (Å²) in [6.07, 6.45) is 0. The van der Waals surface area contributed by atoms with Gasteiger partial charge in [-0.1, -0.05) is 0 Å². The SMILES string of the molecule is CCOC(=O)CSC(CN)c1sccc1C. The van der Waals surface area contributed by atoms with Gasteiger partial charge in [-0.3, -0.25) is 4.79 Å². The topological polar surface area (TPSA) is 52.3 Å². The number of hydrogen-bond donors (Lipinski definition) is 1. The molecule has 0 saturated carbocycles. The highest BCUT2D eigenvalue weighted by atomic mass is 32.2. The second-order valence-electron chi connectivity index (χ2n) is 3.31. The van der Waals surface area contributed by atoms with E-state index in [1.807, 2.05) is 6.92 Å². The highest BCUT2D eigenvalue weighted by molar-refractivity contribution is 8.00. The summed E-state index contributed by atoms with van der Waals surface area (Å²) < 4.78 is 4.89. The molecule has 3 nitrogen and oxygen atoms in total. The summed E-state index contributed by atoms with van der Waals surface area (Å²) >= 11 is 3.25. The summed E-state index contributed by atoms with van der Waals surface area (Å²) in [5, 5.41) is 2.25. The van der Waals surface area contributed by atoms with Crippen LogP contribution in [0.3, 0.4) is 0 Å². The van der Waals surface area contributed by atoms with Crippen molar-refractivity contribution < 1.29 is 9.53 Å². The fraction of sp³-hybridized carbons (Fsp3) is 0.545. The first-order valence-electron chi connectivity index (χ1n) is 5.20. The Morgan fingerprint density at radius 1 is 1.69 bits per heavy atom. The molecule has 1 rings (SSSR count). The maximum absolute atomic E-state index is 11.2. The van der Waals surface area contributed by atoms with Crippen LogP contribution in [0.25, 0.3) is 0 Å². The third-order valence-electron chi connectivity index (χ3n) is 2.12. The normalized spacial score (nSPS) is 12.4. The Labute approximate surface area is 104 Å². The van der Waals surface area contributed by atoms with E-state index in [1.54, 1.807) is 23.1 Å². The summed E-state index contributed by atoms with van der Waals surface area (Å²) in [4.78, 5) is 12.5. The Kier molecular flexibility index (Phi) is 5.87. The van der Waals surface area contributed by atoms with Crippen molar-refractivity contribution in [3.63, 3.8) is 0 Å². The number of nitrogens with two attached hydrogens (primary N) is 1. The number of carbonyl (C=O) groups excluding carboxylic acids is 1. The van der Waals surface area contributed by atoms with Crippen molar-refractivity contribution in [2.24, 2.45) is 5.73 Å². The molecule has 1 unspecified atom stereocenters. The van der Waals surface area contributed by atoms with Crippen molar-refractivity contribution >= 4 is 29.1 Å². The first-order chi connectivity index (χ1) is 7.69. The lowest BCUT2D eigenvalue weighted by Crippen LogP contribution is -2.13. The molecule has 0 fully saturated rings. The van der Waals surface area contributed by atoms with Crippen molar-refractivity contribution in [1.29, 1.82) is 0 Å². The van der Waals surface area contributed by atoms with E-state index in [-0.39, 0.29) is 11.2 Å². The second-order valence-corrected chi connectivity index (χ2v) is 5.45. The van der Waals surface area contributed by atoms with E-state index in [0.717, 1.165) is 0 Å².